The van der Waals surface area contributed by atoms with Gasteiger partial charge >= 0.3 is 0 Å². The van der Waals surface area contributed by atoms with Crippen molar-refractivity contribution in [1.82, 2.24) is 19.8 Å². The third-order valence-electron chi connectivity index (χ3n) is 5.29. The van der Waals surface area contributed by atoms with E-state index in [2.05, 4.69) is 9.97 Å². The molecule has 4 rings (SSSR count). The molecule has 1 aromatic heterocycles. The number of para-hydroxylation sites is 2. The van der Waals surface area contributed by atoms with Gasteiger partial charge in [0, 0.05) is 19.5 Å². The van der Waals surface area contributed by atoms with Crippen molar-refractivity contribution in [3.05, 3.63) is 30.1 Å². The second kappa shape index (κ2) is 6.86. The lowest BCUT2D eigenvalue weighted by atomic mass is 10.2. The van der Waals surface area contributed by atoms with Crippen molar-refractivity contribution in [3.8, 4) is 0 Å². The molecule has 1 N–H and O–H groups in total. The molecule has 1 unspecified atom stereocenters. The van der Waals surface area contributed by atoms with Crippen LogP contribution >= 0.6 is 0 Å². The number of likely N-dealkylation sites (tertiary alicyclic amines) is 2. The van der Waals surface area contributed by atoms with E-state index in [1.165, 1.54) is 0 Å². The van der Waals surface area contributed by atoms with Gasteiger partial charge in [0.25, 0.3) is 0 Å². The molecular weight excluding hydrogens is 316 g/mol. The minimum atomic E-state index is -0.0121. The first-order valence-electron chi connectivity index (χ1n) is 9.24. The van der Waals surface area contributed by atoms with E-state index >= 15 is 0 Å². The Morgan fingerprint density at radius 1 is 1.16 bits per heavy atom. The number of fused-ring (bicyclic) bond motifs is 1. The molecule has 2 saturated heterocycles. The highest BCUT2D eigenvalue weighted by Crippen LogP contribution is 2.31. The number of hydrogen-bond donors (Lipinski definition) is 1. The molecule has 0 aliphatic carbocycles. The fraction of sp³-hybridized carbons (Fsp3) is 0.526. The summed E-state index contributed by atoms with van der Waals surface area (Å²) in [6.45, 7) is 1.64. The number of aromatic amines is 1. The standard InChI is InChI=1S/C19H24N4O2/c24-17-10-2-1-5-11-22(17)13-18(25)23-12-6-9-16(23)19-20-14-7-3-4-8-15(14)21-19/h3-4,7-8,16H,1-2,5-6,9-13H2,(H,20,21). The van der Waals surface area contributed by atoms with Gasteiger partial charge in [0.2, 0.25) is 11.8 Å². The van der Waals surface area contributed by atoms with Crippen molar-refractivity contribution in [2.24, 2.45) is 0 Å². The first kappa shape index (κ1) is 16.1. The lowest BCUT2D eigenvalue weighted by molar-refractivity contribution is -0.140. The fourth-order valence-electron chi connectivity index (χ4n) is 3.94. The van der Waals surface area contributed by atoms with Gasteiger partial charge in [0.1, 0.15) is 5.82 Å². The first-order valence-corrected chi connectivity index (χ1v) is 9.24. The summed E-state index contributed by atoms with van der Waals surface area (Å²) in [6, 6.07) is 7.92. The summed E-state index contributed by atoms with van der Waals surface area (Å²) < 4.78 is 0. The minimum Gasteiger partial charge on any atom is -0.340 e. The van der Waals surface area contributed by atoms with Crippen LogP contribution in [-0.4, -0.2) is 51.2 Å². The van der Waals surface area contributed by atoms with Crippen molar-refractivity contribution in [2.75, 3.05) is 19.6 Å². The molecule has 1 atom stereocenters. The van der Waals surface area contributed by atoms with Crippen molar-refractivity contribution in [2.45, 2.75) is 44.6 Å². The summed E-state index contributed by atoms with van der Waals surface area (Å²) in [4.78, 5) is 36.7. The van der Waals surface area contributed by atoms with E-state index in [9.17, 15) is 9.59 Å². The van der Waals surface area contributed by atoms with Gasteiger partial charge in [-0.3, -0.25) is 9.59 Å². The van der Waals surface area contributed by atoms with Crippen LogP contribution < -0.4 is 0 Å². The van der Waals surface area contributed by atoms with Crippen molar-refractivity contribution in [1.29, 1.82) is 0 Å². The van der Waals surface area contributed by atoms with Crippen LogP contribution in [0.25, 0.3) is 11.0 Å². The van der Waals surface area contributed by atoms with Crippen LogP contribution in [0.3, 0.4) is 0 Å². The molecule has 6 nitrogen and oxygen atoms in total. The highest BCUT2D eigenvalue weighted by Gasteiger charge is 2.33. The Hall–Kier alpha value is -2.37. The van der Waals surface area contributed by atoms with Crippen LogP contribution in [0.15, 0.2) is 24.3 Å². The SMILES string of the molecule is O=C1CCCCCN1CC(=O)N1CCCC1c1nc2ccccc2[nH]1. The molecule has 2 aromatic rings. The van der Waals surface area contributed by atoms with E-state index in [0.717, 1.165) is 55.5 Å². The first-order chi connectivity index (χ1) is 12.2. The second-order valence-corrected chi connectivity index (χ2v) is 7.01. The lowest BCUT2D eigenvalue weighted by Gasteiger charge is -2.27. The van der Waals surface area contributed by atoms with Crippen LogP contribution in [0.1, 0.15) is 50.4 Å². The van der Waals surface area contributed by atoms with Crippen LogP contribution in [0, 0.1) is 0 Å². The number of H-pyrrole nitrogens is 1. The van der Waals surface area contributed by atoms with E-state index in [1.807, 2.05) is 29.2 Å². The Labute approximate surface area is 147 Å². The number of benzene rings is 1. The van der Waals surface area contributed by atoms with Crippen LogP contribution in [0.5, 0.6) is 0 Å². The number of nitrogens with zero attached hydrogens (tertiary/aromatic N) is 3. The zero-order valence-electron chi connectivity index (χ0n) is 14.4. The molecule has 6 heteroatoms. The zero-order valence-corrected chi connectivity index (χ0v) is 14.4. The van der Waals surface area contributed by atoms with Crippen LogP contribution in [0.4, 0.5) is 0 Å². The zero-order chi connectivity index (χ0) is 17.2. The predicted octanol–water partition coefficient (Wildman–Crippen LogP) is 2.63. The summed E-state index contributed by atoms with van der Waals surface area (Å²) in [5.74, 6) is 1.01. The predicted molar refractivity (Wildman–Crippen MR) is 94.8 cm³/mol. The average Bonchev–Trinajstić information content (AvgIpc) is 3.21. The molecular formula is C19H24N4O2. The van der Waals surface area contributed by atoms with Gasteiger partial charge in [-0.1, -0.05) is 18.6 Å². The van der Waals surface area contributed by atoms with Gasteiger partial charge in [-0.25, -0.2) is 4.98 Å². The van der Waals surface area contributed by atoms with Crippen LogP contribution in [-0.2, 0) is 9.59 Å². The number of imidazole rings is 1. The van der Waals surface area contributed by atoms with Gasteiger partial charge < -0.3 is 14.8 Å². The molecule has 2 amide bonds. The largest absolute Gasteiger partial charge is 0.340 e. The molecule has 0 radical (unpaired) electrons. The monoisotopic (exact) mass is 340 g/mol. The smallest absolute Gasteiger partial charge is 0.242 e. The number of rotatable bonds is 3. The average molecular weight is 340 g/mol. The van der Waals surface area contributed by atoms with Gasteiger partial charge in [-0.05, 0) is 37.8 Å². The molecule has 2 aliphatic heterocycles. The molecule has 132 valence electrons. The van der Waals surface area contributed by atoms with Gasteiger partial charge in [-0.2, -0.15) is 0 Å². The second-order valence-electron chi connectivity index (χ2n) is 7.01. The number of nitrogens with one attached hydrogen (secondary N) is 1. The Kier molecular flexibility index (Phi) is 4.42. The lowest BCUT2D eigenvalue weighted by Crippen LogP contribution is -2.42. The quantitative estimate of drug-likeness (QED) is 0.934. The maximum Gasteiger partial charge on any atom is 0.242 e. The number of amides is 2. The Bertz CT molecular complexity index is 752. The third kappa shape index (κ3) is 3.25. The molecule has 2 fully saturated rings. The third-order valence-corrected chi connectivity index (χ3v) is 5.29. The van der Waals surface area contributed by atoms with E-state index < -0.39 is 0 Å². The normalized spacial score (nSPS) is 21.8. The molecule has 3 heterocycles. The molecule has 25 heavy (non-hydrogen) atoms. The molecule has 2 aliphatic rings. The maximum atomic E-state index is 12.9. The maximum absolute atomic E-state index is 12.9. The van der Waals surface area contributed by atoms with Crippen molar-refractivity contribution in [3.63, 3.8) is 0 Å². The summed E-state index contributed by atoms with van der Waals surface area (Å²) in [5.41, 5.74) is 1.93. The summed E-state index contributed by atoms with van der Waals surface area (Å²) >= 11 is 0. The number of carbonyl (C=O) groups is 2. The van der Waals surface area contributed by atoms with Crippen molar-refractivity contribution >= 4 is 22.8 Å². The number of hydrogen-bond acceptors (Lipinski definition) is 3. The van der Waals surface area contributed by atoms with E-state index in [0.29, 0.717) is 13.0 Å². The van der Waals surface area contributed by atoms with Gasteiger partial charge in [0.15, 0.2) is 0 Å². The Balaban J connectivity index is 1.50. The van der Waals surface area contributed by atoms with E-state index in [-0.39, 0.29) is 24.4 Å². The number of carbonyl (C=O) groups excluding carboxylic acids is 2. The molecule has 1 aromatic carbocycles. The Morgan fingerprint density at radius 2 is 2.04 bits per heavy atom. The van der Waals surface area contributed by atoms with Crippen LogP contribution in [0.2, 0.25) is 0 Å². The van der Waals surface area contributed by atoms with E-state index in [4.69, 9.17) is 0 Å². The summed E-state index contributed by atoms with van der Waals surface area (Å²) in [6.07, 6.45) is 5.46. The van der Waals surface area contributed by atoms with Gasteiger partial charge in [0.05, 0.1) is 23.6 Å². The van der Waals surface area contributed by atoms with E-state index in [1.54, 1.807) is 4.90 Å². The molecule has 0 spiro atoms. The van der Waals surface area contributed by atoms with Gasteiger partial charge in [-0.15, -0.1) is 0 Å². The topological polar surface area (TPSA) is 69.3 Å². The molecule has 0 bridgehead atoms. The summed E-state index contributed by atoms with van der Waals surface area (Å²) in [7, 11) is 0. The fourth-order valence-corrected chi connectivity index (χ4v) is 3.94. The number of aromatic nitrogens is 2. The van der Waals surface area contributed by atoms with Crippen molar-refractivity contribution < 1.29 is 9.59 Å². The highest BCUT2D eigenvalue weighted by molar-refractivity contribution is 5.85. The highest BCUT2D eigenvalue weighted by atomic mass is 16.2. The minimum absolute atomic E-state index is 0.0121. The Morgan fingerprint density at radius 3 is 2.92 bits per heavy atom. The summed E-state index contributed by atoms with van der Waals surface area (Å²) in [5, 5.41) is 0. The molecule has 0 saturated carbocycles.